The Morgan fingerprint density at radius 3 is 2.45 bits per heavy atom. The number of amides is 1. The quantitative estimate of drug-likeness (QED) is 0.922. The summed E-state index contributed by atoms with van der Waals surface area (Å²) in [5.74, 6) is -0.570. The molecule has 0 fully saturated rings. The molecule has 1 aromatic carbocycles. The summed E-state index contributed by atoms with van der Waals surface area (Å²) in [6.07, 6.45) is -4.18. The Bertz CT molecular complexity index is 534. The smallest absolute Gasteiger partial charge is 0.351 e. The molecule has 3 nitrogen and oxygen atoms in total. The molecule has 0 aliphatic heterocycles. The number of carbonyl (C=O) groups excluding carboxylic acids is 1. The first-order valence-electron chi connectivity index (χ1n) is 6.09. The summed E-state index contributed by atoms with van der Waals surface area (Å²) in [6, 6.07) is 6.91. The van der Waals surface area contributed by atoms with Crippen molar-refractivity contribution in [1.29, 1.82) is 5.26 Å². The number of rotatable bonds is 4. The van der Waals surface area contributed by atoms with Crippen LogP contribution in [0.15, 0.2) is 24.3 Å². The Morgan fingerprint density at radius 1 is 1.35 bits per heavy atom. The van der Waals surface area contributed by atoms with Crippen molar-refractivity contribution in [2.75, 3.05) is 0 Å². The molecular formula is C14H15F3N2O. The minimum atomic E-state index is -4.47. The lowest BCUT2D eigenvalue weighted by Crippen LogP contribution is -2.37. The second-order valence-corrected chi connectivity index (χ2v) is 4.64. The number of nitrogens with one attached hydrogen (secondary N) is 1. The second-order valence-electron chi connectivity index (χ2n) is 4.64. The highest BCUT2D eigenvalue weighted by Crippen LogP contribution is 2.31. The molecule has 1 atom stereocenters. The Balaban J connectivity index is 2.87. The minimum absolute atomic E-state index is 0.0234. The monoisotopic (exact) mass is 284 g/mol. The van der Waals surface area contributed by atoms with E-state index >= 15 is 0 Å². The normalized spacial score (nSPS) is 14.2. The summed E-state index contributed by atoms with van der Waals surface area (Å²) in [7, 11) is 0. The molecule has 0 saturated carbocycles. The number of carbonyl (C=O) groups is 1. The molecule has 0 aliphatic carbocycles. The van der Waals surface area contributed by atoms with Gasteiger partial charge in [-0.25, -0.2) is 0 Å². The van der Waals surface area contributed by atoms with Gasteiger partial charge in [-0.1, -0.05) is 25.1 Å². The summed E-state index contributed by atoms with van der Waals surface area (Å²) in [4.78, 5) is 11.8. The lowest BCUT2D eigenvalue weighted by atomic mass is 9.88. The molecule has 0 bridgehead atoms. The van der Waals surface area contributed by atoms with Crippen molar-refractivity contribution in [1.82, 2.24) is 5.32 Å². The van der Waals surface area contributed by atoms with Crippen molar-refractivity contribution in [3.63, 3.8) is 0 Å². The molecule has 0 radical (unpaired) electrons. The molecule has 1 unspecified atom stereocenters. The molecule has 1 N–H and O–H groups in total. The Labute approximate surface area is 115 Å². The molecule has 0 aromatic heterocycles. The molecule has 20 heavy (non-hydrogen) atoms. The average Bonchev–Trinajstić information content (AvgIpc) is 2.43. The van der Waals surface area contributed by atoms with Crippen LogP contribution in [0.1, 0.15) is 31.4 Å². The van der Waals surface area contributed by atoms with Crippen LogP contribution < -0.4 is 5.32 Å². The van der Waals surface area contributed by atoms with Crippen molar-refractivity contribution >= 4 is 5.91 Å². The number of hydrogen-bond donors (Lipinski definition) is 1. The number of nitrogens with zero attached hydrogens (tertiary/aromatic N) is 1. The number of nitriles is 1. The van der Waals surface area contributed by atoms with Crippen LogP contribution in [0, 0.1) is 16.7 Å². The maximum atomic E-state index is 12.8. The first-order chi connectivity index (χ1) is 9.24. The van der Waals surface area contributed by atoms with Crippen LogP contribution in [0.25, 0.3) is 0 Å². The Hall–Kier alpha value is -2.03. The fourth-order valence-electron chi connectivity index (χ4n) is 1.61. The Kier molecular flexibility index (Phi) is 4.77. The van der Waals surface area contributed by atoms with Gasteiger partial charge in [-0.05, 0) is 25.0 Å². The van der Waals surface area contributed by atoms with E-state index in [2.05, 4.69) is 5.32 Å². The zero-order valence-corrected chi connectivity index (χ0v) is 11.2. The zero-order chi connectivity index (χ0) is 15.4. The molecule has 0 saturated heterocycles. The van der Waals surface area contributed by atoms with Crippen LogP contribution in [0.4, 0.5) is 13.2 Å². The van der Waals surface area contributed by atoms with Crippen molar-refractivity contribution in [3.05, 3.63) is 35.4 Å². The van der Waals surface area contributed by atoms with Gasteiger partial charge in [-0.2, -0.15) is 18.4 Å². The van der Waals surface area contributed by atoms with Gasteiger partial charge in [-0.3, -0.25) is 4.79 Å². The van der Waals surface area contributed by atoms with E-state index in [-0.39, 0.29) is 18.5 Å². The number of hydrogen-bond acceptors (Lipinski definition) is 2. The van der Waals surface area contributed by atoms with Gasteiger partial charge in [0.2, 0.25) is 5.91 Å². The van der Waals surface area contributed by atoms with Gasteiger partial charge in [-0.15, -0.1) is 0 Å². The van der Waals surface area contributed by atoms with Crippen LogP contribution in [0.5, 0.6) is 0 Å². The topological polar surface area (TPSA) is 52.9 Å². The average molecular weight is 284 g/mol. The van der Waals surface area contributed by atoms with Crippen molar-refractivity contribution in [2.45, 2.75) is 33.0 Å². The lowest BCUT2D eigenvalue weighted by Gasteiger charge is -2.19. The molecule has 1 aromatic rings. The third kappa shape index (κ3) is 3.50. The van der Waals surface area contributed by atoms with E-state index in [9.17, 15) is 18.0 Å². The van der Waals surface area contributed by atoms with Crippen molar-refractivity contribution in [3.8, 4) is 6.07 Å². The molecule has 1 rings (SSSR count). The van der Waals surface area contributed by atoms with Crippen molar-refractivity contribution in [2.24, 2.45) is 5.41 Å². The highest BCUT2D eigenvalue weighted by Gasteiger charge is 2.34. The summed E-state index contributed by atoms with van der Waals surface area (Å²) < 4.78 is 38.3. The zero-order valence-electron chi connectivity index (χ0n) is 11.2. The predicted molar refractivity (Wildman–Crippen MR) is 67.3 cm³/mol. The summed E-state index contributed by atoms with van der Waals surface area (Å²) >= 11 is 0. The fraction of sp³-hybridized carbons (Fsp3) is 0.429. The van der Waals surface area contributed by atoms with E-state index in [1.807, 2.05) is 6.07 Å². The molecule has 0 aliphatic rings. The third-order valence-corrected chi connectivity index (χ3v) is 3.22. The van der Waals surface area contributed by atoms with E-state index in [4.69, 9.17) is 5.26 Å². The van der Waals surface area contributed by atoms with Gasteiger partial charge in [0, 0.05) is 6.54 Å². The van der Waals surface area contributed by atoms with Gasteiger partial charge in [0.15, 0.2) is 0 Å². The standard InChI is InChI=1S/C14H15F3N2O/c1-3-13(2,9-18)12(20)19-8-10-6-4-5-7-11(10)14(15,16)17/h4-7H,3,8H2,1-2H3,(H,19,20). The van der Waals surface area contributed by atoms with E-state index in [1.54, 1.807) is 6.92 Å². The second kappa shape index (κ2) is 5.95. The predicted octanol–water partition coefficient (Wildman–Crippen LogP) is 3.26. The minimum Gasteiger partial charge on any atom is -0.351 e. The van der Waals surface area contributed by atoms with Gasteiger partial charge in [0.05, 0.1) is 11.6 Å². The maximum Gasteiger partial charge on any atom is 0.416 e. The van der Waals surface area contributed by atoms with Gasteiger partial charge in [0.25, 0.3) is 0 Å². The SMILES string of the molecule is CCC(C)(C#N)C(=O)NCc1ccccc1C(F)(F)F. The summed E-state index contributed by atoms with van der Waals surface area (Å²) in [5.41, 5.74) is -2.03. The molecule has 108 valence electrons. The van der Waals surface area contributed by atoms with Crippen LogP contribution >= 0.6 is 0 Å². The van der Waals surface area contributed by atoms with E-state index < -0.39 is 23.1 Å². The van der Waals surface area contributed by atoms with E-state index in [0.717, 1.165) is 6.07 Å². The molecule has 1 amide bonds. The van der Waals surface area contributed by atoms with Gasteiger partial charge >= 0.3 is 6.18 Å². The summed E-state index contributed by atoms with van der Waals surface area (Å²) in [5, 5.41) is 11.3. The van der Waals surface area contributed by atoms with Crippen LogP contribution in [0.2, 0.25) is 0 Å². The number of alkyl halides is 3. The highest BCUT2D eigenvalue weighted by atomic mass is 19.4. The Morgan fingerprint density at radius 2 is 1.95 bits per heavy atom. The first kappa shape index (κ1) is 16.0. The van der Waals surface area contributed by atoms with Crippen molar-refractivity contribution < 1.29 is 18.0 Å². The largest absolute Gasteiger partial charge is 0.416 e. The van der Waals surface area contributed by atoms with Gasteiger partial charge in [0.1, 0.15) is 5.41 Å². The van der Waals surface area contributed by atoms with Crippen LogP contribution in [-0.2, 0) is 17.5 Å². The van der Waals surface area contributed by atoms with E-state index in [1.165, 1.54) is 25.1 Å². The van der Waals surface area contributed by atoms with Crippen LogP contribution in [-0.4, -0.2) is 5.91 Å². The maximum absolute atomic E-state index is 12.8. The molecule has 0 spiro atoms. The first-order valence-corrected chi connectivity index (χ1v) is 6.09. The van der Waals surface area contributed by atoms with Crippen LogP contribution in [0.3, 0.4) is 0 Å². The van der Waals surface area contributed by atoms with E-state index in [0.29, 0.717) is 0 Å². The highest BCUT2D eigenvalue weighted by molar-refractivity contribution is 5.84. The molecule has 6 heteroatoms. The third-order valence-electron chi connectivity index (χ3n) is 3.22. The molecular weight excluding hydrogens is 269 g/mol. The summed E-state index contributed by atoms with van der Waals surface area (Å²) in [6.45, 7) is 2.87. The fourth-order valence-corrected chi connectivity index (χ4v) is 1.61. The number of benzene rings is 1. The lowest BCUT2D eigenvalue weighted by molar-refractivity contribution is -0.138. The van der Waals surface area contributed by atoms with Gasteiger partial charge < -0.3 is 5.32 Å². The molecule has 0 heterocycles. The number of halogens is 3.